The van der Waals surface area contributed by atoms with Gasteiger partial charge in [0.1, 0.15) is 0 Å². The van der Waals surface area contributed by atoms with Crippen LogP contribution in [0, 0.1) is 0 Å². The van der Waals surface area contributed by atoms with Crippen LogP contribution in [0.25, 0.3) is 11.3 Å². The van der Waals surface area contributed by atoms with E-state index in [2.05, 4.69) is 15.6 Å². The number of hydrogen-bond acceptors (Lipinski definition) is 3. The molecule has 4 nitrogen and oxygen atoms in total. The van der Waals surface area contributed by atoms with Crippen molar-refractivity contribution in [2.75, 3.05) is 5.43 Å². The summed E-state index contributed by atoms with van der Waals surface area (Å²) in [4.78, 5) is 0. The van der Waals surface area contributed by atoms with Gasteiger partial charge in [-0.1, -0.05) is 42.5 Å². The molecule has 0 amide bonds. The minimum Gasteiger partial charge on any atom is -0.279 e. The van der Waals surface area contributed by atoms with Gasteiger partial charge < -0.3 is 0 Å². The van der Waals surface area contributed by atoms with Gasteiger partial charge in [-0.05, 0) is 18.2 Å². The van der Waals surface area contributed by atoms with E-state index in [-0.39, 0.29) is 0 Å². The van der Waals surface area contributed by atoms with E-state index < -0.39 is 11.9 Å². The van der Waals surface area contributed by atoms with Crippen molar-refractivity contribution in [1.82, 2.24) is 9.78 Å². The molecule has 0 aliphatic heterocycles. The zero-order valence-electron chi connectivity index (χ0n) is 13.3. The van der Waals surface area contributed by atoms with Gasteiger partial charge in [-0.2, -0.15) is 23.4 Å². The van der Waals surface area contributed by atoms with Gasteiger partial charge >= 0.3 is 6.18 Å². The topological polar surface area (TPSA) is 42.2 Å². The number of alkyl halides is 3. The van der Waals surface area contributed by atoms with Gasteiger partial charge in [0.15, 0.2) is 5.69 Å². The van der Waals surface area contributed by atoms with Crippen LogP contribution in [0.4, 0.5) is 18.9 Å². The van der Waals surface area contributed by atoms with Crippen molar-refractivity contribution in [1.29, 1.82) is 0 Å². The Labute approximate surface area is 142 Å². The second kappa shape index (κ2) is 6.80. The summed E-state index contributed by atoms with van der Waals surface area (Å²) in [6.07, 6.45) is -2.91. The second-order valence-corrected chi connectivity index (χ2v) is 5.36. The molecule has 1 aromatic heterocycles. The lowest BCUT2D eigenvalue weighted by molar-refractivity contribution is -0.141. The van der Waals surface area contributed by atoms with Crippen molar-refractivity contribution in [3.63, 3.8) is 0 Å². The first-order valence-electron chi connectivity index (χ1n) is 7.50. The van der Waals surface area contributed by atoms with Crippen LogP contribution in [0.1, 0.15) is 11.3 Å². The van der Waals surface area contributed by atoms with Gasteiger partial charge in [0.25, 0.3) is 0 Å². The molecule has 0 aliphatic carbocycles. The molecule has 0 aliphatic rings. The summed E-state index contributed by atoms with van der Waals surface area (Å²) >= 11 is 0. The number of aromatic nitrogens is 2. The van der Waals surface area contributed by atoms with Crippen LogP contribution < -0.4 is 5.43 Å². The Bertz CT molecular complexity index is 883. The van der Waals surface area contributed by atoms with Crippen LogP contribution in [-0.4, -0.2) is 16.0 Å². The van der Waals surface area contributed by atoms with E-state index in [0.717, 1.165) is 11.8 Å². The molecule has 2 aromatic carbocycles. The van der Waals surface area contributed by atoms with E-state index in [1.54, 1.807) is 30.5 Å². The first-order valence-corrected chi connectivity index (χ1v) is 7.50. The first-order chi connectivity index (χ1) is 11.9. The van der Waals surface area contributed by atoms with Gasteiger partial charge in [0, 0.05) is 18.2 Å². The molecule has 7 heteroatoms. The summed E-state index contributed by atoms with van der Waals surface area (Å²) in [5.41, 5.74) is 4.45. The predicted molar refractivity (Wildman–Crippen MR) is 91.3 cm³/mol. The van der Waals surface area contributed by atoms with Crippen molar-refractivity contribution in [2.45, 2.75) is 6.18 Å². The molecule has 1 heterocycles. The summed E-state index contributed by atoms with van der Waals surface area (Å²) < 4.78 is 39.8. The van der Waals surface area contributed by atoms with E-state index in [1.807, 2.05) is 30.3 Å². The molecule has 128 valence electrons. The molecule has 0 radical (unpaired) electrons. The van der Waals surface area contributed by atoms with E-state index in [4.69, 9.17) is 0 Å². The van der Waals surface area contributed by atoms with E-state index in [1.165, 1.54) is 11.7 Å². The molecule has 3 aromatic rings. The van der Waals surface area contributed by atoms with Crippen LogP contribution in [0.5, 0.6) is 0 Å². The van der Waals surface area contributed by atoms with Gasteiger partial charge in [-0.25, -0.2) is 0 Å². The summed E-state index contributed by atoms with van der Waals surface area (Å²) in [5, 5.41) is 7.72. The molecular weight excluding hydrogens is 329 g/mol. The van der Waals surface area contributed by atoms with Gasteiger partial charge in [-0.15, -0.1) is 0 Å². The zero-order valence-corrected chi connectivity index (χ0v) is 13.3. The fourth-order valence-electron chi connectivity index (χ4n) is 2.39. The zero-order chi connectivity index (χ0) is 17.9. The molecule has 0 bridgehead atoms. The number of aryl methyl sites for hydroxylation is 1. The SMILES string of the molecule is Cn1nc(C(F)(F)F)cc1-c1ccccc1C=NNc1ccccc1. The molecule has 0 saturated carbocycles. The van der Waals surface area contributed by atoms with E-state index >= 15 is 0 Å². The minimum atomic E-state index is -4.48. The van der Waals surface area contributed by atoms with Crippen LogP contribution in [-0.2, 0) is 13.2 Å². The van der Waals surface area contributed by atoms with Crippen LogP contribution in [0.2, 0.25) is 0 Å². The van der Waals surface area contributed by atoms with E-state index in [9.17, 15) is 13.2 Å². The minimum absolute atomic E-state index is 0.370. The number of rotatable bonds is 4. The maximum absolute atomic E-state index is 12.9. The molecule has 0 atom stereocenters. The summed E-state index contributed by atoms with van der Waals surface area (Å²) in [7, 11) is 1.49. The van der Waals surface area contributed by atoms with Gasteiger partial charge in [-0.3, -0.25) is 10.1 Å². The number of anilines is 1. The lowest BCUT2D eigenvalue weighted by atomic mass is 10.1. The Balaban J connectivity index is 1.90. The highest BCUT2D eigenvalue weighted by Gasteiger charge is 2.34. The van der Waals surface area contributed by atoms with Crippen molar-refractivity contribution >= 4 is 11.9 Å². The van der Waals surface area contributed by atoms with E-state index in [0.29, 0.717) is 16.8 Å². The number of hydrazone groups is 1. The Hall–Kier alpha value is -3.09. The summed E-state index contributed by atoms with van der Waals surface area (Å²) in [5.74, 6) is 0. The third kappa shape index (κ3) is 3.88. The quantitative estimate of drug-likeness (QED) is 0.557. The molecule has 1 N–H and O–H groups in total. The average molecular weight is 344 g/mol. The normalized spacial score (nSPS) is 11.8. The number of hydrogen-bond donors (Lipinski definition) is 1. The van der Waals surface area contributed by atoms with Crippen molar-refractivity contribution in [3.8, 4) is 11.3 Å². The number of para-hydroxylation sites is 1. The van der Waals surface area contributed by atoms with Crippen molar-refractivity contribution < 1.29 is 13.2 Å². The third-order valence-corrected chi connectivity index (χ3v) is 3.58. The average Bonchev–Trinajstić information content (AvgIpc) is 2.98. The Kier molecular flexibility index (Phi) is 4.56. The summed E-state index contributed by atoms with van der Waals surface area (Å²) in [6.45, 7) is 0. The third-order valence-electron chi connectivity index (χ3n) is 3.58. The molecule has 0 spiro atoms. The predicted octanol–water partition coefficient (Wildman–Crippen LogP) is 4.55. The molecule has 0 unspecified atom stereocenters. The highest BCUT2D eigenvalue weighted by molar-refractivity contribution is 5.90. The van der Waals surface area contributed by atoms with Crippen molar-refractivity contribution in [2.24, 2.45) is 12.1 Å². The fraction of sp³-hybridized carbons (Fsp3) is 0.111. The summed E-state index contributed by atoms with van der Waals surface area (Å²) in [6, 6.07) is 17.5. The molecule has 3 rings (SSSR count). The van der Waals surface area contributed by atoms with Gasteiger partial charge in [0.05, 0.1) is 17.6 Å². The molecular formula is C18H15F3N4. The highest BCUT2D eigenvalue weighted by atomic mass is 19.4. The fourth-order valence-corrected chi connectivity index (χ4v) is 2.39. The first kappa shape index (κ1) is 16.8. The Morgan fingerprint density at radius 3 is 2.40 bits per heavy atom. The van der Waals surface area contributed by atoms with Crippen LogP contribution in [0.15, 0.2) is 65.8 Å². The number of nitrogens with one attached hydrogen (secondary N) is 1. The highest BCUT2D eigenvalue weighted by Crippen LogP contribution is 2.32. The maximum Gasteiger partial charge on any atom is 0.435 e. The number of nitrogens with zero attached hydrogens (tertiary/aromatic N) is 3. The largest absolute Gasteiger partial charge is 0.435 e. The Morgan fingerprint density at radius 1 is 1.04 bits per heavy atom. The standard InChI is InChI=1S/C18H15F3N4/c1-25-16(11-17(24-25)18(19,20)21)15-10-6-5-7-13(15)12-22-23-14-8-3-2-4-9-14/h2-12,23H,1H3. The molecule has 0 saturated heterocycles. The van der Waals surface area contributed by atoms with Gasteiger partial charge in [0.2, 0.25) is 0 Å². The Morgan fingerprint density at radius 2 is 1.72 bits per heavy atom. The molecule has 25 heavy (non-hydrogen) atoms. The lowest BCUT2D eigenvalue weighted by Crippen LogP contribution is -2.06. The number of benzene rings is 2. The maximum atomic E-state index is 12.9. The lowest BCUT2D eigenvalue weighted by Gasteiger charge is -2.06. The van der Waals surface area contributed by atoms with Crippen LogP contribution >= 0.6 is 0 Å². The smallest absolute Gasteiger partial charge is 0.279 e. The monoisotopic (exact) mass is 344 g/mol. The molecule has 0 fully saturated rings. The second-order valence-electron chi connectivity index (χ2n) is 5.36. The van der Waals surface area contributed by atoms with Crippen molar-refractivity contribution in [3.05, 3.63) is 71.9 Å². The number of halogens is 3. The van der Waals surface area contributed by atoms with Crippen LogP contribution in [0.3, 0.4) is 0 Å².